The minimum absolute atomic E-state index is 0.524. The first-order valence-electron chi connectivity index (χ1n) is 5.62. The minimum atomic E-state index is 0.524. The summed E-state index contributed by atoms with van der Waals surface area (Å²) in [5.74, 6) is 0. The highest BCUT2D eigenvalue weighted by Gasteiger charge is 2.12. The Hall–Kier alpha value is -1.60. The predicted octanol–water partition coefficient (Wildman–Crippen LogP) is 5.59. The summed E-state index contributed by atoms with van der Waals surface area (Å²) < 4.78 is 2.42. The second kappa shape index (κ2) is 5.18. The fraction of sp³-hybridized carbons (Fsp3) is 0. The molecule has 2 heterocycles. The van der Waals surface area contributed by atoms with E-state index in [9.17, 15) is 5.26 Å². The van der Waals surface area contributed by atoms with Crippen LogP contribution in [0.4, 0.5) is 0 Å². The molecule has 92 valence electrons. The molecule has 0 saturated heterocycles. The Labute approximate surface area is 124 Å². The van der Waals surface area contributed by atoms with Crippen molar-refractivity contribution in [2.75, 3.05) is 0 Å². The fourth-order valence-corrected chi connectivity index (χ4v) is 4.22. The van der Waals surface area contributed by atoms with Crippen molar-refractivity contribution in [1.82, 2.24) is 0 Å². The van der Waals surface area contributed by atoms with Crippen molar-refractivity contribution < 1.29 is 0 Å². The molecule has 19 heavy (non-hydrogen) atoms. The Kier molecular flexibility index (Phi) is 3.39. The van der Waals surface area contributed by atoms with Gasteiger partial charge in [0, 0.05) is 14.3 Å². The van der Waals surface area contributed by atoms with Crippen molar-refractivity contribution >= 4 is 54.3 Å². The first-order valence-corrected chi connectivity index (χ1v) is 7.69. The van der Waals surface area contributed by atoms with Gasteiger partial charge in [-0.05, 0) is 23.1 Å². The van der Waals surface area contributed by atoms with Gasteiger partial charge in [0.25, 0.3) is 0 Å². The number of nitrogens with zero attached hydrogens (tertiary/aromatic N) is 1. The van der Waals surface area contributed by atoms with Crippen LogP contribution in [-0.4, -0.2) is 0 Å². The van der Waals surface area contributed by atoms with E-state index in [-0.39, 0.29) is 0 Å². The van der Waals surface area contributed by atoms with E-state index in [1.807, 2.05) is 36.4 Å². The van der Waals surface area contributed by atoms with Crippen molar-refractivity contribution in [3.8, 4) is 6.07 Å². The summed E-state index contributed by atoms with van der Waals surface area (Å²) in [5.41, 5.74) is 1.38. The molecule has 0 fully saturated rings. The zero-order valence-electron chi connectivity index (χ0n) is 9.76. The number of halogens is 1. The molecule has 0 unspecified atom stereocenters. The van der Waals surface area contributed by atoms with Gasteiger partial charge in [-0.15, -0.1) is 22.7 Å². The third-order valence-electron chi connectivity index (χ3n) is 2.75. The molecule has 0 aliphatic heterocycles. The van der Waals surface area contributed by atoms with Crippen LogP contribution < -0.4 is 0 Å². The van der Waals surface area contributed by atoms with Crippen LogP contribution in [0.5, 0.6) is 0 Å². The van der Waals surface area contributed by atoms with Gasteiger partial charge in [0.05, 0.1) is 10.6 Å². The molecule has 0 amide bonds. The smallest absolute Gasteiger partial charge is 0.101 e. The molecule has 3 rings (SSSR count). The van der Waals surface area contributed by atoms with E-state index in [2.05, 4.69) is 17.5 Å². The molecule has 0 aliphatic rings. The molecular formula is C15H8ClNS2. The highest BCUT2D eigenvalue weighted by atomic mass is 35.5. The van der Waals surface area contributed by atoms with Gasteiger partial charge >= 0.3 is 0 Å². The third-order valence-corrected chi connectivity index (χ3v) is 5.36. The third kappa shape index (κ3) is 2.31. The Morgan fingerprint density at radius 1 is 1.11 bits per heavy atom. The van der Waals surface area contributed by atoms with Gasteiger partial charge in [0.1, 0.15) is 6.07 Å². The van der Waals surface area contributed by atoms with Crippen LogP contribution in [-0.2, 0) is 0 Å². The van der Waals surface area contributed by atoms with Crippen LogP contribution in [0.25, 0.3) is 20.0 Å². The lowest BCUT2D eigenvalue weighted by atomic mass is 10.1. The summed E-state index contributed by atoms with van der Waals surface area (Å²) in [6.45, 7) is 0. The van der Waals surface area contributed by atoms with Gasteiger partial charge < -0.3 is 0 Å². The van der Waals surface area contributed by atoms with Crippen LogP contribution in [0, 0.1) is 11.3 Å². The number of allylic oxidation sites excluding steroid dienone is 1. The second-order valence-corrected chi connectivity index (χ2v) is 6.34. The summed E-state index contributed by atoms with van der Waals surface area (Å²) in [5, 5.41) is 11.9. The second-order valence-electron chi connectivity index (χ2n) is 3.93. The quantitative estimate of drug-likeness (QED) is 0.566. The maximum absolute atomic E-state index is 9.35. The number of thiophene rings is 2. The standard InChI is InChI=1S/C15H8ClNS2/c16-15(11(9-17)10-4-2-1-3-5-10)14-8-13-12(19-14)6-7-18-13/h1-8H/b15-11-. The zero-order valence-corrected chi connectivity index (χ0v) is 12.1. The molecule has 0 spiro atoms. The monoisotopic (exact) mass is 301 g/mol. The number of hydrogen-bond donors (Lipinski definition) is 0. The summed E-state index contributed by atoms with van der Waals surface area (Å²) in [4.78, 5) is 0.948. The Bertz CT molecular complexity index is 762. The number of fused-ring (bicyclic) bond motifs is 1. The normalized spacial score (nSPS) is 12.2. The number of hydrogen-bond acceptors (Lipinski definition) is 3. The van der Waals surface area contributed by atoms with Crippen LogP contribution in [0.15, 0.2) is 47.8 Å². The van der Waals surface area contributed by atoms with E-state index in [1.54, 1.807) is 22.7 Å². The summed E-state index contributed by atoms with van der Waals surface area (Å²) in [6.07, 6.45) is 0. The van der Waals surface area contributed by atoms with E-state index in [0.29, 0.717) is 10.6 Å². The van der Waals surface area contributed by atoms with Gasteiger partial charge in [-0.25, -0.2) is 0 Å². The van der Waals surface area contributed by atoms with Crippen molar-refractivity contribution in [1.29, 1.82) is 5.26 Å². The van der Waals surface area contributed by atoms with E-state index in [1.165, 1.54) is 9.40 Å². The molecule has 0 bridgehead atoms. The molecule has 3 aromatic rings. The van der Waals surface area contributed by atoms with Crippen molar-refractivity contribution in [2.45, 2.75) is 0 Å². The molecule has 1 aromatic carbocycles. The van der Waals surface area contributed by atoms with Gasteiger partial charge in [-0.1, -0.05) is 41.9 Å². The van der Waals surface area contributed by atoms with Crippen molar-refractivity contribution in [3.05, 3.63) is 58.3 Å². The highest BCUT2D eigenvalue weighted by molar-refractivity contribution is 7.27. The van der Waals surface area contributed by atoms with Gasteiger partial charge in [0.2, 0.25) is 0 Å². The molecule has 0 N–H and O–H groups in total. The maximum atomic E-state index is 9.35. The topological polar surface area (TPSA) is 23.8 Å². The molecule has 2 aromatic heterocycles. The summed E-state index contributed by atoms with van der Waals surface area (Å²) in [7, 11) is 0. The van der Waals surface area contributed by atoms with Gasteiger partial charge in [-0.2, -0.15) is 5.26 Å². The van der Waals surface area contributed by atoms with E-state index in [4.69, 9.17) is 11.6 Å². The SMILES string of the molecule is N#C/C(=C(/Cl)c1cc2sccc2s1)c1ccccc1. The maximum Gasteiger partial charge on any atom is 0.101 e. The average molecular weight is 302 g/mol. The summed E-state index contributed by atoms with van der Waals surface area (Å²) in [6, 6.07) is 15.9. The first-order chi connectivity index (χ1) is 9.29. The lowest BCUT2D eigenvalue weighted by molar-refractivity contribution is 1.52. The van der Waals surface area contributed by atoms with Crippen LogP contribution in [0.3, 0.4) is 0 Å². The summed E-state index contributed by atoms with van der Waals surface area (Å²) >= 11 is 9.71. The Morgan fingerprint density at radius 3 is 2.58 bits per heavy atom. The largest absolute Gasteiger partial charge is 0.192 e. The van der Waals surface area contributed by atoms with Crippen molar-refractivity contribution in [3.63, 3.8) is 0 Å². The molecule has 4 heteroatoms. The Balaban J connectivity index is 2.14. The van der Waals surface area contributed by atoms with E-state index < -0.39 is 0 Å². The molecule has 1 nitrogen and oxygen atoms in total. The van der Waals surface area contributed by atoms with Crippen molar-refractivity contribution in [2.24, 2.45) is 0 Å². The number of nitriles is 1. The van der Waals surface area contributed by atoms with Gasteiger partial charge in [0.15, 0.2) is 0 Å². The molecular weight excluding hydrogens is 294 g/mol. The average Bonchev–Trinajstić information content (AvgIpc) is 3.01. The highest BCUT2D eigenvalue weighted by Crippen LogP contribution is 2.38. The molecule has 0 aliphatic carbocycles. The van der Waals surface area contributed by atoms with E-state index in [0.717, 1.165) is 10.4 Å². The first kappa shape index (κ1) is 12.4. The van der Waals surface area contributed by atoms with Crippen LogP contribution >= 0.6 is 34.3 Å². The number of rotatable bonds is 2. The Morgan fingerprint density at radius 2 is 1.89 bits per heavy atom. The molecule has 0 atom stereocenters. The minimum Gasteiger partial charge on any atom is -0.192 e. The predicted molar refractivity (Wildman–Crippen MR) is 84.4 cm³/mol. The lowest BCUT2D eigenvalue weighted by Crippen LogP contribution is -1.83. The van der Waals surface area contributed by atoms with Crippen LogP contribution in [0.2, 0.25) is 0 Å². The van der Waals surface area contributed by atoms with Crippen LogP contribution in [0.1, 0.15) is 10.4 Å². The zero-order chi connectivity index (χ0) is 13.2. The molecule has 0 saturated carbocycles. The van der Waals surface area contributed by atoms with E-state index >= 15 is 0 Å². The fourth-order valence-electron chi connectivity index (χ4n) is 1.84. The van der Waals surface area contributed by atoms with Gasteiger partial charge in [-0.3, -0.25) is 0 Å². The lowest BCUT2D eigenvalue weighted by Gasteiger charge is -2.01. The molecule has 0 radical (unpaired) electrons. The number of benzene rings is 1.